The summed E-state index contributed by atoms with van der Waals surface area (Å²) >= 11 is 0. The number of ether oxygens (including phenoxy) is 1. The fourth-order valence-electron chi connectivity index (χ4n) is 2.33. The first-order chi connectivity index (χ1) is 9.24. The quantitative estimate of drug-likeness (QED) is 0.703. The Morgan fingerprint density at radius 2 is 2.37 bits per heavy atom. The van der Waals surface area contributed by atoms with E-state index in [-0.39, 0.29) is 11.6 Å². The monoisotopic (exact) mass is 260 g/mol. The number of nitrogens with two attached hydrogens (primary N) is 1. The predicted octanol–water partition coefficient (Wildman–Crippen LogP) is 1.10. The van der Waals surface area contributed by atoms with Crippen molar-refractivity contribution < 1.29 is 4.74 Å². The number of benzene rings is 1. The van der Waals surface area contributed by atoms with Gasteiger partial charge in [-0.25, -0.2) is 4.98 Å². The Labute approximate surface area is 110 Å². The van der Waals surface area contributed by atoms with Crippen LogP contribution in [0.15, 0.2) is 23.3 Å². The Bertz CT molecular complexity index is 647. The van der Waals surface area contributed by atoms with E-state index < -0.39 is 0 Å². The van der Waals surface area contributed by atoms with Crippen LogP contribution in [-0.2, 0) is 4.74 Å². The van der Waals surface area contributed by atoms with Gasteiger partial charge in [0.05, 0.1) is 35.2 Å². The van der Waals surface area contributed by atoms with Gasteiger partial charge in [0, 0.05) is 12.6 Å². The topological polar surface area (TPSA) is 93.0 Å². The van der Waals surface area contributed by atoms with Gasteiger partial charge in [0.25, 0.3) is 5.56 Å². The van der Waals surface area contributed by atoms with E-state index in [1.54, 1.807) is 6.07 Å². The molecule has 6 nitrogen and oxygen atoms in total. The molecule has 1 saturated heterocycles. The van der Waals surface area contributed by atoms with Gasteiger partial charge >= 0.3 is 0 Å². The van der Waals surface area contributed by atoms with Crippen molar-refractivity contribution in [3.8, 4) is 0 Å². The Kier molecular flexibility index (Phi) is 3.08. The van der Waals surface area contributed by atoms with E-state index >= 15 is 0 Å². The molecule has 1 aliphatic rings. The largest absolute Gasteiger partial charge is 0.397 e. The zero-order valence-corrected chi connectivity index (χ0v) is 10.5. The van der Waals surface area contributed by atoms with Crippen LogP contribution in [0.5, 0.6) is 0 Å². The Morgan fingerprint density at radius 1 is 1.47 bits per heavy atom. The average Bonchev–Trinajstić information content (AvgIpc) is 2.42. The van der Waals surface area contributed by atoms with Crippen molar-refractivity contribution >= 4 is 22.3 Å². The van der Waals surface area contributed by atoms with Crippen LogP contribution >= 0.6 is 0 Å². The zero-order valence-electron chi connectivity index (χ0n) is 10.5. The Balaban J connectivity index is 1.95. The predicted molar refractivity (Wildman–Crippen MR) is 74.2 cm³/mol. The molecule has 0 aliphatic carbocycles. The molecule has 1 atom stereocenters. The third-order valence-corrected chi connectivity index (χ3v) is 3.33. The molecule has 1 aromatic heterocycles. The molecule has 1 fully saturated rings. The van der Waals surface area contributed by atoms with Crippen molar-refractivity contribution in [3.63, 3.8) is 0 Å². The normalized spacial score (nSPS) is 19.5. The lowest BCUT2D eigenvalue weighted by Crippen LogP contribution is -2.30. The van der Waals surface area contributed by atoms with E-state index in [0.29, 0.717) is 23.2 Å². The molecule has 2 heterocycles. The van der Waals surface area contributed by atoms with Gasteiger partial charge in [-0.05, 0) is 25.0 Å². The van der Waals surface area contributed by atoms with E-state index in [2.05, 4.69) is 15.3 Å². The van der Waals surface area contributed by atoms with E-state index in [1.807, 2.05) is 6.07 Å². The number of aromatic amines is 1. The number of hydrogen-bond acceptors (Lipinski definition) is 5. The lowest BCUT2D eigenvalue weighted by Gasteiger charge is -2.24. The standard InChI is InChI=1S/C13H16N4O2/c14-10-4-9-11(15-7-16-13(9)18)5-12(10)17-8-2-1-3-19-6-8/h4-5,7-8,17H,1-3,6,14H2,(H,15,16,18). The van der Waals surface area contributed by atoms with Crippen molar-refractivity contribution in [2.24, 2.45) is 0 Å². The molecule has 0 radical (unpaired) electrons. The number of fused-ring (bicyclic) bond motifs is 1. The summed E-state index contributed by atoms with van der Waals surface area (Å²) in [5.74, 6) is 0. The van der Waals surface area contributed by atoms with E-state index in [4.69, 9.17) is 10.5 Å². The van der Waals surface area contributed by atoms with Crippen LogP contribution in [0, 0.1) is 0 Å². The molecule has 19 heavy (non-hydrogen) atoms. The highest BCUT2D eigenvalue weighted by Gasteiger charge is 2.15. The summed E-state index contributed by atoms with van der Waals surface area (Å²) in [4.78, 5) is 18.3. The van der Waals surface area contributed by atoms with Crippen LogP contribution in [0.4, 0.5) is 11.4 Å². The van der Waals surface area contributed by atoms with Crippen molar-refractivity contribution in [2.75, 3.05) is 24.3 Å². The number of anilines is 2. The Morgan fingerprint density at radius 3 is 3.16 bits per heavy atom. The summed E-state index contributed by atoms with van der Waals surface area (Å²) in [5.41, 5.74) is 7.81. The molecular formula is C13H16N4O2. The second-order valence-electron chi connectivity index (χ2n) is 4.75. The Hall–Kier alpha value is -2.08. The molecule has 1 unspecified atom stereocenters. The molecule has 2 aromatic rings. The maximum atomic E-state index is 11.6. The van der Waals surface area contributed by atoms with Gasteiger partial charge in [-0.2, -0.15) is 0 Å². The molecule has 3 rings (SSSR count). The van der Waals surface area contributed by atoms with Crippen molar-refractivity contribution in [1.82, 2.24) is 9.97 Å². The summed E-state index contributed by atoms with van der Waals surface area (Å²) in [6.07, 6.45) is 3.50. The molecule has 1 aromatic carbocycles. The molecule has 1 aliphatic heterocycles. The number of rotatable bonds is 2. The van der Waals surface area contributed by atoms with Gasteiger partial charge in [-0.1, -0.05) is 0 Å². The number of hydrogen-bond donors (Lipinski definition) is 3. The fraction of sp³-hybridized carbons (Fsp3) is 0.385. The highest BCUT2D eigenvalue weighted by Crippen LogP contribution is 2.25. The van der Waals surface area contributed by atoms with Crippen LogP contribution in [0.25, 0.3) is 10.9 Å². The smallest absolute Gasteiger partial charge is 0.258 e. The molecular weight excluding hydrogens is 244 g/mol. The average molecular weight is 260 g/mol. The van der Waals surface area contributed by atoms with E-state index in [9.17, 15) is 4.79 Å². The minimum Gasteiger partial charge on any atom is -0.397 e. The molecule has 6 heteroatoms. The van der Waals surface area contributed by atoms with Crippen molar-refractivity contribution in [3.05, 3.63) is 28.8 Å². The van der Waals surface area contributed by atoms with Crippen LogP contribution < -0.4 is 16.6 Å². The first kappa shape index (κ1) is 12.0. The van der Waals surface area contributed by atoms with Gasteiger partial charge in [0.1, 0.15) is 0 Å². The number of nitrogens with one attached hydrogen (secondary N) is 2. The first-order valence-corrected chi connectivity index (χ1v) is 6.35. The number of H-pyrrole nitrogens is 1. The van der Waals surface area contributed by atoms with Gasteiger partial charge in [0.2, 0.25) is 0 Å². The summed E-state index contributed by atoms with van der Waals surface area (Å²) in [7, 11) is 0. The third kappa shape index (κ3) is 2.39. The van der Waals surface area contributed by atoms with Crippen LogP contribution in [0.3, 0.4) is 0 Å². The number of nitrogen functional groups attached to an aromatic ring is 1. The second-order valence-corrected chi connectivity index (χ2v) is 4.75. The van der Waals surface area contributed by atoms with Crippen LogP contribution in [0.1, 0.15) is 12.8 Å². The SMILES string of the molecule is Nc1cc2c(=O)[nH]cnc2cc1NC1CCCOC1. The molecule has 0 bridgehead atoms. The highest BCUT2D eigenvalue weighted by atomic mass is 16.5. The fourth-order valence-corrected chi connectivity index (χ4v) is 2.33. The van der Waals surface area contributed by atoms with E-state index in [1.165, 1.54) is 6.33 Å². The summed E-state index contributed by atoms with van der Waals surface area (Å²) in [6.45, 7) is 1.50. The molecule has 0 amide bonds. The maximum absolute atomic E-state index is 11.6. The highest BCUT2D eigenvalue weighted by molar-refractivity contribution is 5.88. The lowest BCUT2D eigenvalue weighted by atomic mass is 10.1. The van der Waals surface area contributed by atoms with Crippen LogP contribution in [0.2, 0.25) is 0 Å². The van der Waals surface area contributed by atoms with E-state index in [0.717, 1.165) is 25.1 Å². The summed E-state index contributed by atoms with van der Waals surface area (Å²) in [5, 5.41) is 3.86. The van der Waals surface area contributed by atoms with Crippen LogP contribution in [-0.4, -0.2) is 29.2 Å². The van der Waals surface area contributed by atoms with Gasteiger partial charge in [-0.3, -0.25) is 4.79 Å². The van der Waals surface area contributed by atoms with Gasteiger partial charge in [-0.15, -0.1) is 0 Å². The molecule has 4 N–H and O–H groups in total. The second kappa shape index (κ2) is 4.89. The molecule has 0 saturated carbocycles. The van der Waals surface area contributed by atoms with Gasteiger partial charge < -0.3 is 20.8 Å². The zero-order chi connectivity index (χ0) is 13.2. The lowest BCUT2D eigenvalue weighted by molar-refractivity contribution is 0.0876. The van der Waals surface area contributed by atoms with Crippen molar-refractivity contribution in [1.29, 1.82) is 0 Å². The minimum atomic E-state index is -0.177. The molecule has 0 spiro atoms. The number of aromatic nitrogens is 2. The first-order valence-electron chi connectivity index (χ1n) is 6.35. The maximum Gasteiger partial charge on any atom is 0.258 e. The summed E-state index contributed by atoms with van der Waals surface area (Å²) < 4.78 is 5.43. The third-order valence-electron chi connectivity index (χ3n) is 3.33. The molecule has 100 valence electrons. The van der Waals surface area contributed by atoms with Gasteiger partial charge in [0.15, 0.2) is 0 Å². The van der Waals surface area contributed by atoms with Crippen molar-refractivity contribution in [2.45, 2.75) is 18.9 Å². The summed E-state index contributed by atoms with van der Waals surface area (Å²) in [6, 6.07) is 3.73. The minimum absolute atomic E-state index is 0.177. The number of nitrogens with zero attached hydrogens (tertiary/aromatic N) is 1.